The van der Waals surface area contributed by atoms with Gasteiger partial charge in [0, 0.05) is 22.9 Å². The Hall–Kier alpha value is -5.23. The lowest BCUT2D eigenvalue weighted by molar-refractivity contribution is 0.433. The summed E-state index contributed by atoms with van der Waals surface area (Å²) in [6.07, 6.45) is 0. The maximum Gasteiger partial charge on any atom is 0.193 e. The van der Waals surface area contributed by atoms with Gasteiger partial charge >= 0.3 is 0 Å². The van der Waals surface area contributed by atoms with Crippen LogP contribution in [0.5, 0.6) is 11.5 Å². The van der Waals surface area contributed by atoms with Crippen molar-refractivity contribution in [1.82, 2.24) is 0 Å². The molecule has 1 spiro atoms. The SMILES string of the molecule is Cc1cc(=O)c2cc(N3c4ccc(F)cc4C4(c5ccccc5Oc5ccccc54)c4cc(F)ccc43)ccc2o1. The summed E-state index contributed by atoms with van der Waals surface area (Å²) >= 11 is 0. The molecule has 2 aliphatic rings. The number of halogens is 2. The number of aryl methyl sites for hydroxylation is 1. The summed E-state index contributed by atoms with van der Waals surface area (Å²) in [4.78, 5) is 14.9. The lowest BCUT2D eigenvalue weighted by Gasteiger charge is -2.48. The van der Waals surface area contributed by atoms with E-state index in [2.05, 4.69) is 0 Å². The standard InChI is InChI=1S/C35H21F2NO3/c1-20-16-31(39)24-19-23(12-15-32(24)40-20)38-29-13-10-21(36)17-27(29)35(28-18-22(37)11-14-30(28)38)25-6-2-4-8-33(25)41-34-9-5-3-7-26(34)35/h2-19H,1H3. The largest absolute Gasteiger partial charge is 0.461 e. The zero-order valence-corrected chi connectivity index (χ0v) is 21.8. The molecule has 2 aliphatic heterocycles. The molecule has 4 nitrogen and oxygen atoms in total. The van der Waals surface area contributed by atoms with Crippen molar-refractivity contribution in [2.24, 2.45) is 0 Å². The molecule has 6 aromatic rings. The fourth-order valence-electron chi connectivity index (χ4n) is 6.54. The summed E-state index contributed by atoms with van der Waals surface area (Å²) in [6, 6.07) is 31.4. The smallest absolute Gasteiger partial charge is 0.193 e. The molecule has 0 aliphatic carbocycles. The van der Waals surface area contributed by atoms with Crippen LogP contribution in [0.4, 0.5) is 25.8 Å². The molecule has 8 rings (SSSR count). The molecular formula is C35H21F2NO3. The van der Waals surface area contributed by atoms with Gasteiger partial charge < -0.3 is 14.1 Å². The lowest BCUT2D eigenvalue weighted by atomic mass is 9.61. The van der Waals surface area contributed by atoms with Gasteiger partial charge in [-0.05, 0) is 84.8 Å². The molecular weight excluding hydrogens is 520 g/mol. The normalized spacial score (nSPS) is 14.2. The third-order valence-corrected chi connectivity index (χ3v) is 8.10. The minimum atomic E-state index is -1.08. The number of fused-ring (bicyclic) bond motifs is 9. The maximum absolute atomic E-state index is 15.3. The molecule has 0 amide bonds. The second-order valence-electron chi connectivity index (χ2n) is 10.4. The average Bonchev–Trinajstić information content (AvgIpc) is 2.97. The quantitative estimate of drug-likeness (QED) is 0.209. The summed E-state index contributed by atoms with van der Waals surface area (Å²) in [5.74, 6) is 0.916. The van der Waals surface area contributed by atoms with Crippen molar-refractivity contribution in [3.05, 3.63) is 159 Å². The topological polar surface area (TPSA) is 42.7 Å². The number of nitrogens with zero attached hydrogens (tertiary/aromatic N) is 1. The summed E-state index contributed by atoms with van der Waals surface area (Å²) in [6.45, 7) is 1.73. The van der Waals surface area contributed by atoms with Gasteiger partial charge in [0.05, 0.1) is 22.2 Å². The first-order valence-electron chi connectivity index (χ1n) is 13.3. The molecule has 0 saturated carbocycles. The van der Waals surface area contributed by atoms with Gasteiger partial charge in [-0.3, -0.25) is 4.79 Å². The molecule has 0 bridgehead atoms. The van der Waals surface area contributed by atoms with Gasteiger partial charge in [0.1, 0.15) is 34.5 Å². The number of ether oxygens (including phenoxy) is 1. The highest BCUT2D eigenvalue weighted by Crippen LogP contribution is 2.62. The highest BCUT2D eigenvalue weighted by molar-refractivity contribution is 5.93. The first-order chi connectivity index (χ1) is 19.9. The zero-order valence-electron chi connectivity index (χ0n) is 21.8. The van der Waals surface area contributed by atoms with E-state index in [1.807, 2.05) is 59.5 Å². The average molecular weight is 542 g/mol. The summed E-state index contributed by atoms with van der Waals surface area (Å²) in [7, 11) is 0. The molecule has 0 saturated heterocycles. The van der Waals surface area contributed by atoms with Crippen LogP contribution in [0, 0.1) is 18.6 Å². The molecule has 0 atom stereocenters. The van der Waals surface area contributed by atoms with Crippen LogP contribution in [0.15, 0.2) is 118 Å². The van der Waals surface area contributed by atoms with E-state index in [-0.39, 0.29) is 5.43 Å². The van der Waals surface area contributed by atoms with Crippen molar-refractivity contribution >= 4 is 28.0 Å². The Morgan fingerprint density at radius 2 is 1.24 bits per heavy atom. The first-order valence-corrected chi connectivity index (χ1v) is 13.3. The molecule has 41 heavy (non-hydrogen) atoms. The zero-order chi connectivity index (χ0) is 27.9. The van der Waals surface area contributed by atoms with Crippen LogP contribution < -0.4 is 15.1 Å². The van der Waals surface area contributed by atoms with Gasteiger partial charge in [-0.15, -0.1) is 0 Å². The third kappa shape index (κ3) is 3.21. The predicted molar refractivity (Wildman–Crippen MR) is 154 cm³/mol. The summed E-state index contributed by atoms with van der Waals surface area (Å²) in [5, 5.41) is 0.419. The number of benzene rings is 5. The third-order valence-electron chi connectivity index (χ3n) is 8.10. The van der Waals surface area contributed by atoms with Crippen molar-refractivity contribution in [1.29, 1.82) is 0 Å². The van der Waals surface area contributed by atoms with E-state index in [1.54, 1.807) is 31.2 Å². The van der Waals surface area contributed by atoms with Crippen molar-refractivity contribution in [2.75, 3.05) is 4.90 Å². The van der Waals surface area contributed by atoms with Gasteiger partial charge in [0.2, 0.25) is 0 Å². The van der Waals surface area contributed by atoms with E-state index in [0.29, 0.717) is 56.4 Å². The van der Waals surface area contributed by atoms with Crippen molar-refractivity contribution in [3.63, 3.8) is 0 Å². The fraction of sp³-hybridized carbons (Fsp3) is 0.0571. The second kappa shape index (κ2) is 8.38. The molecule has 6 heteroatoms. The molecule has 5 aromatic carbocycles. The van der Waals surface area contributed by atoms with Gasteiger partial charge in [-0.1, -0.05) is 36.4 Å². The Bertz CT molecular complexity index is 2020. The molecule has 1 aromatic heterocycles. The highest BCUT2D eigenvalue weighted by Gasteiger charge is 2.51. The van der Waals surface area contributed by atoms with Crippen molar-refractivity contribution < 1.29 is 17.9 Å². The van der Waals surface area contributed by atoms with Crippen molar-refractivity contribution in [2.45, 2.75) is 12.3 Å². The van der Waals surface area contributed by atoms with Crippen molar-refractivity contribution in [3.8, 4) is 11.5 Å². The molecule has 0 radical (unpaired) electrons. The van der Waals surface area contributed by atoms with E-state index in [1.165, 1.54) is 30.3 Å². The predicted octanol–water partition coefficient (Wildman–Crippen LogP) is 8.65. The van der Waals surface area contributed by atoms with Crippen LogP contribution >= 0.6 is 0 Å². The Morgan fingerprint density at radius 3 is 1.85 bits per heavy atom. The Balaban J connectivity index is 1.52. The number of para-hydroxylation sites is 2. The van der Waals surface area contributed by atoms with E-state index < -0.39 is 17.0 Å². The monoisotopic (exact) mass is 541 g/mol. The van der Waals surface area contributed by atoms with Gasteiger partial charge in [0.15, 0.2) is 5.43 Å². The van der Waals surface area contributed by atoms with Gasteiger partial charge in [0.25, 0.3) is 0 Å². The maximum atomic E-state index is 15.3. The van der Waals surface area contributed by atoms with Crippen LogP contribution in [0.25, 0.3) is 11.0 Å². The number of hydrogen-bond donors (Lipinski definition) is 0. The summed E-state index contributed by atoms with van der Waals surface area (Å²) in [5.41, 5.74) is 4.13. The van der Waals surface area contributed by atoms with Crippen LogP contribution in [0.1, 0.15) is 28.0 Å². The van der Waals surface area contributed by atoms with Crippen LogP contribution in [-0.4, -0.2) is 0 Å². The van der Waals surface area contributed by atoms with E-state index in [0.717, 1.165) is 11.1 Å². The minimum Gasteiger partial charge on any atom is -0.461 e. The summed E-state index contributed by atoms with van der Waals surface area (Å²) < 4.78 is 42.7. The molecule has 3 heterocycles. The number of hydrogen-bond acceptors (Lipinski definition) is 4. The van der Waals surface area contributed by atoms with E-state index in [4.69, 9.17) is 9.15 Å². The van der Waals surface area contributed by atoms with E-state index >= 15 is 8.78 Å². The van der Waals surface area contributed by atoms with Crippen LogP contribution in [0.3, 0.4) is 0 Å². The second-order valence-corrected chi connectivity index (χ2v) is 10.4. The van der Waals surface area contributed by atoms with Crippen LogP contribution in [0.2, 0.25) is 0 Å². The Morgan fingerprint density at radius 1 is 0.659 bits per heavy atom. The van der Waals surface area contributed by atoms with Gasteiger partial charge in [-0.25, -0.2) is 8.78 Å². The number of rotatable bonds is 1. The Kier molecular flexibility index (Phi) is 4.83. The Labute approximate surface area is 233 Å². The highest BCUT2D eigenvalue weighted by atomic mass is 19.1. The first kappa shape index (κ1) is 23.6. The fourth-order valence-corrected chi connectivity index (χ4v) is 6.54. The van der Waals surface area contributed by atoms with Crippen LogP contribution in [-0.2, 0) is 5.41 Å². The molecule has 0 fully saturated rings. The molecule has 198 valence electrons. The van der Waals surface area contributed by atoms with E-state index in [9.17, 15) is 4.79 Å². The number of anilines is 3. The van der Waals surface area contributed by atoms with Gasteiger partial charge in [-0.2, -0.15) is 0 Å². The molecule has 0 N–H and O–H groups in total. The molecule has 0 unspecified atom stereocenters. The lowest BCUT2D eigenvalue weighted by Crippen LogP contribution is -2.40. The minimum absolute atomic E-state index is 0.162.